The molecule has 0 aromatic carbocycles. The van der Waals surface area contributed by atoms with Crippen molar-refractivity contribution in [1.29, 1.82) is 0 Å². The van der Waals surface area contributed by atoms with Crippen molar-refractivity contribution in [3.8, 4) is 0 Å². The molecule has 1 rings (SSSR count). The Morgan fingerprint density at radius 1 is 1.39 bits per heavy atom. The minimum atomic E-state index is -0.340. The molecule has 0 bridgehead atoms. The average molecular weight is 276 g/mol. The molecule has 0 saturated heterocycles. The maximum absolute atomic E-state index is 12.2. The summed E-state index contributed by atoms with van der Waals surface area (Å²) < 4.78 is 4.99. The molecule has 0 fully saturated rings. The Morgan fingerprint density at radius 3 is 2.28 bits per heavy atom. The van der Waals surface area contributed by atoms with Gasteiger partial charge in [-0.15, -0.1) is 12.4 Å². The summed E-state index contributed by atoms with van der Waals surface area (Å²) in [5, 5.41) is 6.78. The van der Waals surface area contributed by atoms with Crippen LogP contribution in [0.4, 0.5) is 0 Å². The molecule has 0 aliphatic carbocycles. The summed E-state index contributed by atoms with van der Waals surface area (Å²) in [6.07, 6.45) is 1.60. The van der Waals surface area contributed by atoms with Gasteiger partial charge < -0.3 is 15.6 Å². The second-order valence-electron chi connectivity index (χ2n) is 4.34. The highest BCUT2D eigenvalue weighted by molar-refractivity contribution is 5.96. The fourth-order valence-electron chi connectivity index (χ4n) is 1.88. The van der Waals surface area contributed by atoms with Gasteiger partial charge in [0, 0.05) is 6.54 Å². The molecule has 1 heterocycles. The largest absolute Gasteiger partial charge is 0.361 e. The first kappa shape index (κ1) is 16.9. The molecule has 1 aromatic rings. The van der Waals surface area contributed by atoms with E-state index in [9.17, 15) is 4.79 Å². The van der Waals surface area contributed by atoms with Gasteiger partial charge in [-0.3, -0.25) is 4.79 Å². The molecule has 0 atom stereocenters. The van der Waals surface area contributed by atoms with Crippen molar-refractivity contribution in [1.82, 2.24) is 10.5 Å². The Morgan fingerprint density at radius 2 is 1.94 bits per heavy atom. The highest BCUT2D eigenvalue weighted by Crippen LogP contribution is 2.17. The average Bonchev–Trinajstić information content (AvgIpc) is 2.66. The Bertz CT molecular complexity index is 372. The molecule has 0 spiro atoms. The van der Waals surface area contributed by atoms with Gasteiger partial charge in [-0.1, -0.05) is 19.0 Å². The maximum atomic E-state index is 12.2. The second kappa shape index (κ2) is 6.75. The lowest BCUT2D eigenvalue weighted by molar-refractivity contribution is 0.0893. The normalized spacial score (nSPS) is 10.9. The van der Waals surface area contributed by atoms with Crippen molar-refractivity contribution in [3.05, 3.63) is 17.0 Å². The number of nitrogens with zero attached hydrogens (tertiary/aromatic N) is 1. The van der Waals surface area contributed by atoms with Crippen LogP contribution in [-0.4, -0.2) is 23.1 Å². The number of amides is 1. The zero-order chi connectivity index (χ0) is 13.1. The fraction of sp³-hybridized carbons (Fsp3) is 0.667. The van der Waals surface area contributed by atoms with Crippen LogP contribution in [0.25, 0.3) is 0 Å². The molecule has 104 valence electrons. The quantitative estimate of drug-likeness (QED) is 0.861. The van der Waals surface area contributed by atoms with Crippen molar-refractivity contribution in [2.75, 3.05) is 6.54 Å². The van der Waals surface area contributed by atoms with Crippen LogP contribution in [0.2, 0.25) is 0 Å². The zero-order valence-corrected chi connectivity index (χ0v) is 12.2. The third-order valence-corrected chi connectivity index (χ3v) is 3.38. The van der Waals surface area contributed by atoms with E-state index in [0.29, 0.717) is 23.6 Å². The lowest BCUT2D eigenvalue weighted by Gasteiger charge is -2.31. The highest BCUT2D eigenvalue weighted by Gasteiger charge is 2.29. The molecule has 0 radical (unpaired) electrons. The van der Waals surface area contributed by atoms with E-state index in [1.54, 1.807) is 13.8 Å². The van der Waals surface area contributed by atoms with E-state index in [0.717, 1.165) is 12.8 Å². The van der Waals surface area contributed by atoms with E-state index in [4.69, 9.17) is 10.3 Å². The molecule has 1 aromatic heterocycles. The molecule has 6 heteroatoms. The van der Waals surface area contributed by atoms with E-state index in [1.165, 1.54) is 0 Å². The molecule has 3 N–H and O–H groups in total. The number of aromatic nitrogens is 1. The van der Waals surface area contributed by atoms with E-state index >= 15 is 0 Å². The maximum Gasteiger partial charge on any atom is 0.257 e. The lowest BCUT2D eigenvalue weighted by atomic mass is 9.92. The van der Waals surface area contributed by atoms with Gasteiger partial charge in [-0.05, 0) is 26.7 Å². The molecular formula is C12H22ClN3O2. The number of hydrogen-bond acceptors (Lipinski definition) is 4. The molecule has 5 nitrogen and oxygen atoms in total. The standard InChI is InChI=1S/C12H21N3O2.ClH/c1-5-12(6-2,7-13)14-11(16)10-8(3)15-17-9(10)4;/h5-7,13H2,1-4H3,(H,14,16);1H. The van der Waals surface area contributed by atoms with Crippen molar-refractivity contribution < 1.29 is 9.32 Å². The molecule has 0 saturated carbocycles. The van der Waals surface area contributed by atoms with Crippen LogP contribution in [0.15, 0.2) is 4.52 Å². The summed E-state index contributed by atoms with van der Waals surface area (Å²) in [7, 11) is 0. The number of nitrogens with two attached hydrogens (primary N) is 1. The Balaban J connectivity index is 0.00000289. The van der Waals surface area contributed by atoms with Gasteiger partial charge in [0.05, 0.1) is 11.2 Å². The van der Waals surface area contributed by atoms with Gasteiger partial charge in [0.2, 0.25) is 0 Å². The third-order valence-electron chi connectivity index (χ3n) is 3.38. The van der Waals surface area contributed by atoms with Gasteiger partial charge in [-0.25, -0.2) is 0 Å². The molecular weight excluding hydrogens is 254 g/mol. The summed E-state index contributed by atoms with van der Waals surface area (Å²) in [4.78, 5) is 12.2. The Kier molecular flexibility index (Phi) is 6.35. The predicted octanol–water partition coefficient (Wildman–Crippen LogP) is 1.96. The van der Waals surface area contributed by atoms with Crippen molar-refractivity contribution in [2.24, 2.45) is 5.73 Å². The van der Waals surface area contributed by atoms with Crippen LogP contribution in [-0.2, 0) is 0 Å². The summed E-state index contributed by atoms with van der Waals surface area (Å²) in [5.41, 5.74) is 6.54. The summed E-state index contributed by atoms with van der Waals surface area (Å²) in [5.74, 6) is 0.383. The lowest BCUT2D eigenvalue weighted by Crippen LogP contribution is -2.53. The summed E-state index contributed by atoms with van der Waals surface area (Å²) >= 11 is 0. The molecule has 1 amide bonds. The van der Waals surface area contributed by atoms with Crippen LogP contribution in [0.3, 0.4) is 0 Å². The molecule has 0 aliphatic heterocycles. The van der Waals surface area contributed by atoms with Gasteiger partial charge in [0.25, 0.3) is 5.91 Å². The highest BCUT2D eigenvalue weighted by atomic mass is 35.5. The minimum Gasteiger partial charge on any atom is -0.361 e. The Labute approximate surface area is 114 Å². The van der Waals surface area contributed by atoms with E-state index in [1.807, 2.05) is 13.8 Å². The molecule has 0 unspecified atom stereocenters. The molecule has 18 heavy (non-hydrogen) atoms. The zero-order valence-electron chi connectivity index (χ0n) is 11.4. The topological polar surface area (TPSA) is 81.1 Å². The number of carbonyl (C=O) groups excluding carboxylic acids is 1. The van der Waals surface area contributed by atoms with Gasteiger partial charge in [0.15, 0.2) is 0 Å². The molecule has 0 aliphatic rings. The van der Waals surface area contributed by atoms with Crippen LogP contribution in [0, 0.1) is 13.8 Å². The first-order chi connectivity index (χ1) is 7.99. The summed E-state index contributed by atoms with van der Waals surface area (Å²) in [6, 6.07) is 0. The van der Waals surface area contributed by atoms with E-state index < -0.39 is 0 Å². The fourth-order valence-corrected chi connectivity index (χ4v) is 1.88. The SMILES string of the molecule is CCC(CC)(CN)NC(=O)c1c(C)noc1C.Cl. The van der Waals surface area contributed by atoms with Gasteiger partial charge in [0.1, 0.15) is 11.3 Å². The number of aryl methyl sites for hydroxylation is 2. The number of nitrogens with one attached hydrogen (secondary N) is 1. The predicted molar refractivity (Wildman–Crippen MR) is 73.1 cm³/mol. The van der Waals surface area contributed by atoms with Crippen LogP contribution in [0.1, 0.15) is 48.5 Å². The Hall–Kier alpha value is -1.07. The van der Waals surface area contributed by atoms with E-state index in [2.05, 4.69) is 10.5 Å². The number of halogens is 1. The number of carbonyl (C=O) groups is 1. The van der Waals surface area contributed by atoms with Gasteiger partial charge >= 0.3 is 0 Å². The number of rotatable bonds is 5. The van der Waals surface area contributed by atoms with Crippen LogP contribution < -0.4 is 11.1 Å². The summed E-state index contributed by atoms with van der Waals surface area (Å²) in [6.45, 7) is 7.95. The van der Waals surface area contributed by atoms with Gasteiger partial charge in [-0.2, -0.15) is 0 Å². The monoisotopic (exact) mass is 275 g/mol. The van der Waals surface area contributed by atoms with Crippen LogP contribution >= 0.6 is 12.4 Å². The third kappa shape index (κ3) is 3.23. The first-order valence-electron chi connectivity index (χ1n) is 5.95. The first-order valence-corrected chi connectivity index (χ1v) is 5.95. The second-order valence-corrected chi connectivity index (χ2v) is 4.34. The minimum absolute atomic E-state index is 0. The van der Waals surface area contributed by atoms with Crippen molar-refractivity contribution in [2.45, 2.75) is 46.1 Å². The van der Waals surface area contributed by atoms with Crippen molar-refractivity contribution >= 4 is 18.3 Å². The van der Waals surface area contributed by atoms with Crippen LogP contribution in [0.5, 0.6) is 0 Å². The van der Waals surface area contributed by atoms with Crippen molar-refractivity contribution in [3.63, 3.8) is 0 Å². The smallest absolute Gasteiger partial charge is 0.257 e. The van der Waals surface area contributed by atoms with E-state index in [-0.39, 0.29) is 23.9 Å². The number of hydrogen-bond donors (Lipinski definition) is 2.